The number of nitrogens with zero attached hydrogens (tertiary/aromatic N) is 3. The number of pyridine rings is 1. The standard InChI is InChI=1S/C18H21N3O/c22-17(21-11-9-20(10-12-21)16-6-7-16)13-15-4-1-3-14-5-2-8-19-18(14)15/h1-5,8,16H,6-7,9-13H2. The highest BCUT2D eigenvalue weighted by Gasteiger charge is 2.32. The van der Waals surface area contributed by atoms with E-state index in [4.69, 9.17) is 0 Å². The molecular formula is C18H21N3O. The van der Waals surface area contributed by atoms with Gasteiger partial charge in [-0.25, -0.2) is 0 Å². The van der Waals surface area contributed by atoms with E-state index in [-0.39, 0.29) is 5.91 Å². The number of benzene rings is 1. The van der Waals surface area contributed by atoms with Crippen LogP contribution in [0.3, 0.4) is 0 Å². The van der Waals surface area contributed by atoms with E-state index in [1.165, 1.54) is 12.8 Å². The minimum atomic E-state index is 0.230. The van der Waals surface area contributed by atoms with Crippen LogP contribution in [0.1, 0.15) is 18.4 Å². The molecule has 1 aromatic heterocycles. The van der Waals surface area contributed by atoms with Crippen molar-refractivity contribution in [3.05, 3.63) is 42.1 Å². The molecule has 114 valence electrons. The van der Waals surface area contributed by atoms with Gasteiger partial charge in [0.1, 0.15) is 0 Å². The van der Waals surface area contributed by atoms with Gasteiger partial charge in [-0.15, -0.1) is 0 Å². The lowest BCUT2D eigenvalue weighted by atomic mass is 10.1. The summed E-state index contributed by atoms with van der Waals surface area (Å²) >= 11 is 0. The predicted octanol–water partition coefficient (Wildman–Crippen LogP) is 2.08. The number of piperazine rings is 1. The summed E-state index contributed by atoms with van der Waals surface area (Å²) in [4.78, 5) is 21.6. The van der Waals surface area contributed by atoms with Crippen molar-refractivity contribution in [1.29, 1.82) is 0 Å². The number of hydrogen-bond donors (Lipinski definition) is 0. The maximum Gasteiger partial charge on any atom is 0.227 e. The molecule has 4 heteroatoms. The van der Waals surface area contributed by atoms with Crippen LogP contribution in [0.5, 0.6) is 0 Å². The van der Waals surface area contributed by atoms with Crippen LogP contribution >= 0.6 is 0 Å². The average molecular weight is 295 g/mol. The van der Waals surface area contributed by atoms with Gasteiger partial charge in [-0.05, 0) is 24.5 Å². The highest BCUT2D eigenvalue weighted by Crippen LogP contribution is 2.27. The molecule has 2 heterocycles. The SMILES string of the molecule is O=C(Cc1cccc2cccnc12)N1CCN(C2CC2)CC1. The van der Waals surface area contributed by atoms with Gasteiger partial charge < -0.3 is 4.90 Å². The Balaban J connectivity index is 1.45. The van der Waals surface area contributed by atoms with E-state index in [1.807, 2.05) is 35.2 Å². The molecule has 4 nitrogen and oxygen atoms in total. The zero-order valence-corrected chi connectivity index (χ0v) is 12.7. The van der Waals surface area contributed by atoms with E-state index in [0.717, 1.165) is 48.7 Å². The zero-order chi connectivity index (χ0) is 14.9. The van der Waals surface area contributed by atoms with E-state index in [9.17, 15) is 4.79 Å². The van der Waals surface area contributed by atoms with Gasteiger partial charge in [-0.1, -0.05) is 24.3 Å². The normalized spacial score (nSPS) is 19.5. The Hall–Kier alpha value is -1.94. The Labute approximate surface area is 130 Å². The fraction of sp³-hybridized carbons (Fsp3) is 0.444. The van der Waals surface area contributed by atoms with Gasteiger partial charge >= 0.3 is 0 Å². The van der Waals surface area contributed by atoms with E-state index in [0.29, 0.717) is 6.42 Å². The molecule has 1 aliphatic heterocycles. The monoisotopic (exact) mass is 295 g/mol. The number of amides is 1. The minimum Gasteiger partial charge on any atom is -0.340 e. The fourth-order valence-electron chi connectivity index (χ4n) is 3.36. The number of carbonyl (C=O) groups excluding carboxylic acids is 1. The van der Waals surface area contributed by atoms with Crippen LogP contribution in [0.2, 0.25) is 0 Å². The first-order valence-corrected chi connectivity index (χ1v) is 8.16. The van der Waals surface area contributed by atoms with Gasteiger partial charge in [0.15, 0.2) is 0 Å². The van der Waals surface area contributed by atoms with E-state index < -0.39 is 0 Å². The molecule has 0 unspecified atom stereocenters. The highest BCUT2D eigenvalue weighted by atomic mass is 16.2. The molecule has 1 aromatic carbocycles. The number of aromatic nitrogens is 1. The van der Waals surface area contributed by atoms with Crippen molar-refractivity contribution in [2.24, 2.45) is 0 Å². The van der Waals surface area contributed by atoms with Crippen molar-refractivity contribution >= 4 is 16.8 Å². The minimum absolute atomic E-state index is 0.230. The molecule has 0 atom stereocenters. The van der Waals surface area contributed by atoms with Crippen LogP contribution < -0.4 is 0 Å². The lowest BCUT2D eigenvalue weighted by Crippen LogP contribution is -2.49. The van der Waals surface area contributed by atoms with Crippen LogP contribution in [0, 0.1) is 0 Å². The Morgan fingerprint density at radius 1 is 1.09 bits per heavy atom. The summed E-state index contributed by atoms with van der Waals surface area (Å²) < 4.78 is 0. The number of hydrogen-bond acceptors (Lipinski definition) is 3. The molecule has 2 aromatic rings. The fourth-order valence-corrected chi connectivity index (χ4v) is 3.36. The molecule has 1 saturated heterocycles. The second kappa shape index (κ2) is 5.69. The summed E-state index contributed by atoms with van der Waals surface area (Å²) in [6.45, 7) is 3.80. The molecule has 4 rings (SSSR count). The topological polar surface area (TPSA) is 36.4 Å². The first-order valence-electron chi connectivity index (χ1n) is 8.16. The highest BCUT2D eigenvalue weighted by molar-refractivity contribution is 5.87. The van der Waals surface area contributed by atoms with E-state index >= 15 is 0 Å². The lowest BCUT2D eigenvalue weighted by Gasteiger charge is -2.35. The van der Waals surface area contributed by atoms with Gasteiger partial charge in [0.25, 0.3) is 0 Å². The summed E-state index contributed by atoms with van der Waals surface area (Å²) in [6, 6.07) is 10.9. The van der Waals surface area contributed by atoms with Crippen molar-refractivity contribution in [3.63, 3.8) is 0 Å². The van der Waals surface area contributed by atoms with Gasteiger partial charge in [-0.3, -0.25) is 14.7 Å². The number of para-hydroxylation sites is 1. The van der Waals surface area contributed by atoms with Crippen molar-refractivity contribution in [3.8, 4) is 0 Å². The molecule has 1 saturated carbocycles. The van der Waals surface area contributed by atoms with Crippen molar-refractivity contribution in [2.75, 3.05) is 26.2 Å². The number of fused-ring (bicyclic) bond motifs is 1. The van der Waals surface area contributed by atoms with Crippen LogP contribution in [0.25, 0.3) is 10.9 Å². The second-order valence-corrected chi connectivity index (χ2v) is 6.32. The molecule has 0 bridgehead atoms. The quantitative estimate of drug-likeness (QED) is 0.870. The van der Waals surface area contributed by atoms with Gasteiger partial charge in [-0.2, -0.15) is 0 Å². The Morgan fingerprint density at radius 3 is 2.64 bits per heavy atom. The Morgan fingerprint density at radius 2 is 1.86 bits per heavy atom. The molecule has 22 heavy (non-hydrogen) atoms. The van der Waals surface area contributed by atoms with Crippen LogP contribution in [0.15, 0.2) is 36.5 Å². The summed E-state index contributed by atoms with van der Waals surface area (Å²) in [5, 5.41) is 1.10. The van der Waals surface area contributed by atoms with E-state index in [1.54, 1.807) is 6.20 Å². The first kappa shape index (κ1) is 13.7. The zero-order valence-electron chi connectivity index (χ0n) is 12.7. The number of rotatable bonds is 3. The summed E-state index contributed by atoms with van der Waals surface area (Å²) in [7, 11) is 0. The van der Waals surface area contributed by atoms with Crippen LogP contribution in [-0.4, -0.2) is 52.9 Å². The molecular weight excluding hydrogens is 274 g/mol. The molecule has 2 aliphatic rings. The third kappa shape index (κ3) is 2.71. The van der Waals surface area contributed by atoms with Crippen molar-refractivity contribution in [1.82, 2.24) is 14.8 Å². The molecule has 1 aliphatic carbocycles. The van der Waals surface area contributed by atoms with Gasteiger partial charge in [0, 0.05) is 43.8 Å². The molecule has 0 spiro atoms. The maximum atomic E-state index is 12.6. The largest absolute Gasteiger partial charge is 0.340 e. The second-order valence-electron chi connectivity index (χ2n) is 6.32. The molecule has 2 fully saturated rings. The molecule has 1 amide bonds. The molecule has 0 N–H and O–H groups in total. The first-order chi connectivity index (χ1) is 10.8. The van der Waals surface area contributed by atoms with Crippen LogP contribution in [0.4, 0.5) is 0 Å². The lowest BCUT2D eigenvalue weighted by molar-refractivity contribution is -0.132. The average Bonchev–Trinajstić information content (AvgIpc) is 3.40. The summed E-state index contributed by atoms with van der Waals surface area (Å²) in [5.41, 5.74) is 1.99. The van der Waals surface area contributed by atoms with Gasteiger partial charge in [0.2, 0.25) is 5.91 Å². The Bertz CT molecular complexity index is 682. The number of carbonyl (C=O) groups is 1. The van der Waals surface area contributed by atoms with Crippen LogP contribution in [-0.2, 0) is 11.2 Å². The molecule has 0 radical (unpaired) electrons. The third-order valence-corrected chi connectivity index (χ3v) is 4.79. The Kier molecular flexibility index (Phi) is 3.54. The smallest absolute Gasteiger partial charge is 0.227 e. The van der Waals surface area contributed by atoms with Gasteiger partial charge in [0.05, 0.1) is 11.9 Å². The van der Waals surface area contributed by atoms with Crippen molar-refractivity contribution in [2.45, 2.75) is 25.3 Å². The summed E-state index contributed by atoms with van der Waals surface area (Å²) in [6.07, 6.45) is 4.94. The maximum absolute atomic E-state index is 12.6. The van der Waals surface area contributed by atoms with E-state index in [2.05, 4.69) is 9.88 Å². The van der Waals surface area contributed by atoms with Crippen molar-refractivity contribution < 1.29 is 4.79 Å². The third-order valence-electron chi connectivity index (χ3n) is 4.79. The summed E-state index contributed by atoms with van der Waals surface area (Å²) in [5.74, 6) is 0.230. The predicted molar refractivity (Wildman–Crippen MR) is 86.6 cm³/mol.